The van der Waals surface area contributed by atoms with Crippen LogP contribution in [0.4, 0.5) is 17.1 Å². The predicted molar refractivity (Wildman–Crippen MR) is 133 cm³/mol. The van der Waals surface area contributed by atoms with Crippen LogP contribution in [-0.2, 0) is 0 Å². The largest absolute Gasteiger partial charge is 0.487 e. The molecule has 0 aromatic heterocycles. The Kier molecular flexibility index (Phi) is 7.25. The first-order valence-electron chi connectivity index (χ1n) is 11.4. The highest BCUT2D eigenvalue weighted by Crippen LogP contribution is 2.28. The second kappa shape index (κ2) is 10.7. The molecule has 1 aliphatic heterocycles. The highest BCUT2D eigenvalue weighted by molar-refractivity contribution is 6.05. The van der Waals surface area contributed by atoms with Crippen LogP contribution in [0.5, 0.6) is 5.75 Å². The van der Waals surface area contributed by atoms with Gasteiger partial charge < -0.3 is 19.9 Å². The third-order valence-electron chi connectivity index (χ3n) is 5.80. The van der Waals surface area contributed by atoms with Crippen molar-refractivity contribution in [3.63, 3.8) is 0 Å². The highest BCUT2D eigenvalue weighted by Gasteiger charge is 2.22. The van der Waals surface area contributed by atoms with E-state index < -0.39 is 10.8 Å². The second-order valence-electron chi connectivity index (χ2n) is 8.02. The van der Waals surface area contributed by atoms with Gasteiger partial charge in [0.15, 0.2) is 5.75 Å². The van der Waals surface area contributed by atoms with Crippen LogP contribution in [0.1, 0.15) is 27.6 Å². The third-order valence-corrected chi connectivity index (χ3v) is 5.80. The first kappa shape index (κ1) is 23.7. The number of rotatable bonds is 7. The summed E-state index contributed by atoms with van der Waals surface area (Å²) in [5.74, 6) is -0.279. The van der Waals surface area contributed by atoms with E-state index in [1.54, 1.807) is 19.1 Å². The fourth-order valence-electron chi connectivity index (χ4n) is 3.97. The summed E-state index contributed by atoms with van der Waals surface area (Å²) < 4.78 is 5.26. The van der Waals surface area contributed by atoms with Crippen molar-refractivity contribution >= 4 is 28.9 Å². The number of ether oxygens (including phenoxy) is 1. The number of anilines is 2. The lowest BCUT2D eigenvalue weighted by atomic mass is 10.1. The Bertz CT molecular complexity index is 1210. The van der Waals surface area contributed by atoms with Crippen LogP contribution in [0.15, 0.2) is 72.8 Å². The fourth-order valence-corrected chi connectivity index (χ4v) is 3.97. The number of benzene rings is 3. The lowest BCUT2D eigenvalue weighted by Gasteiger charge is -2.36. The van der Waals surface area contributed by atoms with Crippen molar-refractivity contribution in [2.75, 3.05) is 43.0 Å². The summed E-state index contributed by atoms with van der Waals surface area (Å²) in [5.41, 5.74) is 2.18. The minimum atomic E-state index is -0.566. The third kappa shape index (κ3) is 5.57. The number of nitrogens with one attached hydrogen (secondary N) is 1. The summed E-state index contributed by atoms with van der Waals surface area (Å²) in [5, 5.41) is 14.1. The molecule has 1 aliphatic rings. The van der Waals surface area contributed by atoms with Crippen molar-refractivity contribution in [2.24, 2.45) is 0 Å². The summed E-state index contributed by atoms with van der Waals surface area (Å²) in [6.07, 6.45) is 0. The zero-order valence-electron chi connectivity index (χ0n) is 19.3. The van der Waals surface area contributed by atoms with Crippen molar-refractivity contribution in [1.82, 2.24) is 4.90 Å². The quantitative estimate of drug-likeness (QED) is 0.406. The molecule has 180 valence electrons. The molecule has 4 rings (SSSR count). The Morgan fingerprint density at radius 3 is 2.26 bits per heavy atom. The summed E-state index contributed by atoms with van der Waals surface area (Å²) in [6, 6.07) is 20.8. The maximum absolute atomic E-state index is 12.6. The van der Waals surface area contributed by atoms with Crippen LogP contribution < -0.4 is 15.0 Å². The van der Waals surface area contributed by atoms with Gasteiger partial charge in [-0.05, 0) is 55.5 Å². The molecule has 0 atom stereocenters. The molecular formula is C26H26N4O5. The molecule has 1 saturated heterocycles. The van der Waals surface area contributed by atoms with E-state index in [1.807, 2.05) is 47.4 Å². The number of nitro groups is 1. The van der Waals surface area contributed by atoms with Crippen LogP contribution in [0.3, 0.4) is 0 Å². The Morgan fingerprint density at radius 1 is 0.943 bits per heavy atom. The van der Waals surface area contributed by atoms with E-state index in [2.05, 4.69) is 10.2 Å². The van der Waals surface area contributed by atoms with E-state index in [-0.39, 0.29) is 29.5 Å². The monoisotopic (exact) mass is 474 g/mol. The van der Waals surface area contributed by atoms with Gasteiger partial charge in [0, 0.05) is 54.7 Å². The normalized spacial score (nSPS) is 13.3. The van der Waals surface area contributed by atoms with Gasteiger partial charge in [-0.15, -0.1) is 0 Å². The molecule has 1 fully saturated rings. The number of hydrogen-bond acceptors (Lipinski definition) is 6. The molecule has 0 saturated carbocycles. The Hall–Kier alpha value is -4.40. The van der Waals surface area contributed by atoms with E-state index in [0.29, 0.717) is 37.4 Å². The molecule has 0 bridgehead atoms. The Balaban J connectivity index is 1.36. The van der Waals surface area contributed by atoms with Crippen LogP contribution in [-0.4, -0.2) is 54.4 Å². The molecule has 0 aliphatic carbocycles. The van der Waals surface area contributed by atoms with Crippen LogP contribution >= 0.6 is 0 Å². The molecule has 3 aromatic carbocycles. The summed E-state index contributed by atoms with van der Waals surface area (Å²) in [6.45, 7) is 4.70. The molecule has 35 heavy (non-hydrogen) atoms. The predicted octanol–water partition coefficient (Wildman–Crippen LogP) is 4.21. The van der Waals surface area contributed by atoms with E-state index in [4.69, 9.17) is 4.74 Å². The number of hydrogen-bond donors (Lipinski definition) is 1. The zero-order valence-corrected chi connectivity index (χ0v) is 19.3. The number of piperazine rings is 1. The van der Waals surface area contributed by atoms with Crippen molar-refractivity contribution < 1.29 is 19.2 Å². The maximum Gasteiger partial charge on any atom is 0.311 e. The summed E-state index contributed by atoms with van der Waals surface area (Å²) >= 11 is 0. The van der Waals surface area contributed by atoms with Gasteiger partial charge in [0.25, 0.3) is 11.8 Å². The number of amides is 2. The van der Waals surface area contributed by atoms with Gasteiger partial charge in [-0.2, -0.15) is 0 Å². The van der Waals surface area contributed by atoms with Gasteiger partial charge in [-0.1, -0.05) is 18.2 Å². The smallest absolute Gasteiger partial charge is 0.311 e. The molecule has 0 unspecified atom stereocenters. The van der Waals surface area contributed by atoms with Crippen molar-refractivity contribution in [1.29, 1.82) is 0 Å². The Morgan fingerprint density at radius 2 is 1.63 bits per heavy atom. The average Bonchev–Trinajstić information content (AvgIpc) is 2.89. The van der Waals surface area contributed by atoms with E-state index in [0.717, 1.165) is 5.69 Å². The highest BCUT2D eigenvalue weighted by atomic mass is 16.6. The standard InChI is InChI=1S/C26H26N4O5/c1-2-35-24-13-8-20(18-23(24)30(33)34)25(31)27-21-9-11-22(12-10-21)28-14-16-29(17-15-28)26(32)19-6-4-3-5-7-19/h3-13,18H,2,14-17H2,1H3,(H,27,31). The van der Waals surface area contributed by atoms with E-state index in [9.17, 15) is 19.7 Å². The molecule has 3 aromatic rings. The van der Waals surface area contributed by atoms with Crippen LogP contribution in [0.25, 0.3) is 0 Å². The van der Waals surface area contributed by atoms with Crippen LogP contribution in [0.2, 0.25) is 0 Å². The van der Waals surface area contributed by atoms with Crippen molar-refractivity contribution in [3.05, 3.63) is 94.0 Å². The topological polar surface area (TPSA) is 105 Å². The SMILES string of the molecule is CCOc1ccc(C(=O)Nc2ccc(N3CCN(C(=O)c4ccccc4)CC3)cc2)cc1[N+](=O)[O-]. The van der Waals surface area contributed by atoms with Gasteiger partial charge in [0.1, 0.15) is 0 Å². The van der Waals surface area contributed by atoms with Gasteiger partial charge in [0.2, 0.25) is 0 Å². The van der Waals surface area contributed by atoms with E-state index in [1.165, 1.54) is 18.2 Å². The van der Waals surface area contributed by atoms with Crippen molar-refractivity contribution in [3.8, 4) is 5.75 Å². The maximum atomic E-state index is 12.6. The first-order valence-corrected chi connectivity index (χ1v) is 11.4. The lowest BCUT2D eigenvalue weighted by Crippen LogP contribution is -2.48. The first-order chi connectivity index (χ1) is 17.0. The molecular weight excluding hydrogens is 448 g/mol. The number of carbonyl (C=O) groups excluding carboxylic acids is 2. The molecule has 0 radical (unpaired) electrons. The van der Waals surface area contributed by atoms with Crippen LogP contribution in [0, 0.1) is 10.1 Å². The number of nitro benzene ring substituents is 1. The molecule has 1 N–H and O–H groups in total. The van der Waals surface area contributed by atoms with E-state index >= 15 is 0 Å². The zero-order chi connectivity index (χ0) is 24.8. The van der Waals surface area contributed by atoms with Gasteiger partial charge >= 0.3 is 5.69 Å². The molecule has 1 heterocycles. The minimum Gasteiger partial charge on any atom is -0.487 e. The number of nitrogens with zero attached hydrogens (tertiary/aromatic N) is 3. The van der Waals surface area contributed by atoms with Gasteiger partial charge in [-0.3, -0.25) is 19.7 Å². The lowest BCUT2D eigenvalue weighted by molar-refractivity contribution is -0.385. The molecule has 0 spiro atoms. The Labute approximate surface area is 203 Å². The van der Waals surface area contributed by atoms with Gasteiger partial charge in [-0.25, -0.2) is 0 Å². The fraction of sp³-hybridized carbons (Fsp3) is 0.231. The minimum absolute atomic E-state index is 0.0397. The molecule has 9 nitrogen and oxygen atoms in total. The summed E-state index contributed by atoms with van der Waals surface area (Å²) in [7, 11) is 0. The molecule has 9 heteroatoms. The molecule has 2 amide bonds. The second-order valence-corrected chi connectivity index (χ2v) is 8.02. The summed E-state index contributed by atoms with van der Waals surface area (Å²) in [4.78, 5) is 40.1. The average molecular weight is 475 g/mol. The van der Waals surface area contributed by atoms with Crippen molar-refractivity contribution in [2.45, 2.75) is 6.92 Å². The number of carbonyl (C=O) groups is 2. The van der Waals surface area contributed by atoms with Gasteiger partial charge in [0.05, 0.1) is 11.5 Å².